The van der Waals surface area contributed by atoms with Crippen molar-refractivity contribution in [1.29, 1.82) is 0 Å². The summed E-state index contributed by atoms with van der Waals surface area (Å²) < 4.78 is 28.5. The van der Waals surface area contributed by atoms with Crippen LogP contribution in [0, 0.1) is 11.8 Å². The quantitative estimate of drug-likeness (QED) is 0.543. The van der Waals surface area contributed by atoms with E-state index in [9.17, 15) is 18.0 Å². The number of carboxylic acids is 1. The molecule has 0 fully saturated rings. The molecular weight excluding hydrogens is 388 g/mol. The van der Waals surface area contributed by atoms with Gasteiger partial charge in [0.15, 0.2) is 9.84 Å². The number of pyridine rings is 1. The Hall–Kier alpha value is -3.91. The van der Waals surface area contributed by atoms with Crippen molar-refractivity contribution >= 4 is 15.8 Å². The standard InChI is InChI=1S/C17H12N4O6S/c1-28(25,26)13-4-2-3-10(7-13)5-6-11-8-12(9-14(22)18-11)27-16-15(17(23)24)19-21-20-16/h2-4,7-9H,1H3,(H,18,22)(H,23,24)(H,19,20,21). The highest BCUT2D eigenvalue weighted by atomic mass is 32.2. The summed E-state index contributed by atoms with van der Waals surface area (Å²) in [5.41, 5.74) is -0.301. The predicted octanol–water partition coefficient (Wildman–Crippen LogP) is 0.787. The van der Waals surface area contributed by atoms with Crippen molar-refractivity contribution in [3.8, 4) is 23.5 Å². The molecule has 0 saturated carbocycles. The second-order valence-electron chi connectivity index (χ2n) is 5.54. The zero-order valence-electron chi connectivity index (χ0n) is 14.3. The lowest BCUT2D eigenvalue weighted by Crippen LogP contribution is -2.07. The van der Waals surface area contributed by atoms with Crippen LogP contribution in [0.5, 0.6) is 11.6 Å². The van der Waals surface area contributed by atoms with Gasteiger partial charge in [0.05, 0.1) is 10.6 Å². The van der Waals surface area contributed by atoms with Crippen LogP contribution >= 0.6 is 0 Å². The van der Waals surface area contributed by atoms with Gasteiger partial charge in [-0.1, -0.05) is 22.3 Å². The lowest BCUT2D eigenvalue weighted by molar-refractivity contribution is 0.0687. The van der Waals surface area contributed by atoms with Gasteiger partial charge in [0.2, 0.25) is 5.69 Å². The molecule has 3 rings (SSSR count). The number of aromatic carboxylic acids is 1. The van der Waals surface area contributed by atoms with Crippen molar-refractivity contribution in [2.45, 2.75) is 4.90 Å². The number of rotatable bonds is 4. The van der Waals surface area contributed by atoms with Crippen molar-refractivity contribution in [1.82, 2.24) is 20.4 Å². The van der Waals surface area contributed by atoms with Crippen molar-refractivity contribution in [3.63, 3.8) is 0 Å². The van der Waals surface area contributed by atoms with E-state index in [1.54, 1.807) is 12.1 Å². The van der Waals surface area contributed by atoms with E-state index in [-0.39, 0.29) is 27.9 Å². The first-order chi connectivity index (χ1) is 13.2. The number of hydrogen-bond donors (Lipinski definition) is 3. The van der Waals surface area contributed by atoms with Crippen LogP contribution in [0.25, 0.3) is 0 Å². The Bertz CT molecular complexity index is 1280. The first-order valence-electron chi connectivity index (χ1n) is 7.61. The van der Waals surface area contributed by atoms with Gasteiger partial charge in [-0.3, -0.25) is 4.79 Å². The Morgan fingerprint density at radius 1 is 1.21 bits per heavy atom. The number of carbonyl (C=O) groups is 1. The highest BCUT2D eigenvalue weighted by Crippen LogP contribution is 2.20. The van der Waals surface area contributed by atoms with Crippen molar-refractivity contribution in [2.24, 2.45) is 0 Å². The summed E-state index contributed by atoms with van der Waals surface area (Å²) in [5.74, 6) is 3.82. The Kier molecular flexibility index (Phi) is 4.97. The average molecular weight is 400 g/mol. The van der Waals surface area contributed by atoms with E-state index in [0.29, 0.717) is 5.56 Å². The summed E-state index contributed by atoms with van der Waals surface area (Å²) >= 11 is 0. The van der Waals surface area contributed by atoms with Crippen molar-refractivity contribution < 1.29 is 23.1 Å². The fourth-order valence-electron chi connectivity index (χ4n) is 2.13. The Labute approximate surface area is 158 Å². The van der Waals surface area contributed by atoms with Crippen molar-refractivity contribution in [3.05, 3.63) is 63.7 Å². The fraction of sp³-hybridized carbons (Fsp3) is 0.0588. The van der Waals surface area contributed by atoms with E-state index in [2.05, 4.69) is 32.2 Å². The Balaban J connectivity index is 1.91. The minimum absolute atomic E-state index is 0.00865. The molecule has 0 aliphatic carbocycles. The molecule has 3 N–H and O–H groups in total. The zero-order chi connectivity index (χ0) is 20.3. The molecule has 2 aromatic heterocycles. The molecule has 0 bridgehead atoms. The molecule has 0 amide bonds. The molecule has 10 nitrogen and oxygen atoms in total. The van der Waals surface area contributed by atoms with Crippen LogP contribution in [0.3, 0.4) is 0 Å². The van der Waals surface area contributed by atoms with Gasteiger partial charge in [0, 0.05) is 24.0 Å². The van der Waals surface area contributed by atoms with Gasteiger partial charge in [0.25, 0.3) is 11.4 Å². The van der Waals surface area contributed by atoms with Gasteiger partial charge < -0.3 is 14.8 Å². The lowest BCUT2D eigenvalue weighted by Gasteiger charge is -2.02. The van der Waals surface area contributed by atoms with Crippen molar-refractivity contribution in [2.75, 3.05) is 6.26 Å². The largest absolute Gasteiger partial charge is 0.476 e. The van der Waals surface area contributed by atoms with E-state index in [1.807, 2.05) is 0 Å². The fourth-order valence-corrected chi connectivity index (χ4v) is 2.80. The number of aromatic nitrogens is 4. The topological polar surface area (TPSA) is 155 Å². The third-order valence-corrected chi connectivity index (χ3v) is 4.48. The molecule has 0 radical (unpaired) electrons. The van der Waals surface area contributed by atoms with E-state index >= 15 is 0 Å². The molecule has 0 unspecified atom stereocenters. The minimum Gasteiger partial charge on any atom is -0.476 e. The minimum atomic E-state index is -3.37. The van der Waals surface area contributed by atoms with Crippen LogP contribution in [0.1, 0.15) is 21.7 Å². The predicted molar refractivity (Wildman–Crippen MR) is 96.0 cm³/mol. The van der Waals surface area contributed by atoms with Crippen LogP contribution < -0.4 is 10.3 Å². The highest BCUT2D eigenvalue weighted by molar-refractivity contribution is 7.90. The summed E-state index contributed by atoms with van der Waals surface area (Å²) in [7, 11) is -3.37. The van der Waals surface area contributed by atoms with E-state index in [1.165, 1.54) is 18.2 Å². The molecule has 3 aromatic rings. The van der Waals surface area contributed by atoms with E-state index < -0.39 is 21.4 Å². The molecule has 28 heavy (non-hydrogen) atoms. The summed E-state index contributed by atoms with van der Waals surface area (Å²) in [5, 5.41) is 18.0. The second kappa shape index (κ2) is 7.37. The van der Waals surface area contributed by atoms with Gasteiger partial charge in [0.1, 0.15) is 5.75 Å². The number of sulfone groups is 1. The highest BCUT2D eigenvalue weighted by Gasteiger charge is 2.16. The van der Waals surface area contributed by atoms with Gasteiger partial charge in [-0.05, 0) is 24.1 Å². The smallest absolute Gasteiger partial charge is 0.359 e. The average Bonchev–Trinajstić information content (AvgIpc) is 3.07. The maximum absolute atomic E-state index is 11.8. The molecule has 0 aliphatic heterocycles. The second-order valence-corrected chi connectivity index (χ2v) is 7.56. The summed E-state index contributed by atoms with van der Waals surface area (Å²) in [6.07, 6.45) is 1.09. The first-order valence-corrected chi connectivity index (χ1v) is 9.50. The maximum Gasteiger partial charge on any atom is 0.359 e. The zero-order valence-corrected chi connectivity index (χ0v) is 15.1. The number of benzene rings is 1. The van der Waals surface area contributed by atoms with Crippen LogP contribution in [-0.2, 0) is 9.84 Å². The number of ether oxygens (including phenoxy) is 1. The number of carboxylic acid groups (broad SMARTS) is 1. The third-order valence-electron chi connectivity index (χ3n) is 3.37. The maximum atomic E-state index is 11.8. The van der Waals surface area contributed by atoms with Crippen LogP contribution in [0.15, 0.2) is 46.1 Å². The summed E-state index contributed by atoms with van der Waals surface area (Å²) in [4.78, 5) is 25.5. The van der Waals surface area contributed by atoms with Crippen LogP contribution in [0.2, 0.25) is 0 Å². The molecule has 142 valence electrons. The lowest BCUT2D eigenvalue weighted by atomic mass is 10.2. The van der Waals surface area contributed by atoms with E-state index in [4.69, 9.17) is 9.84 Å². The number of hydrogen-bond acceptors (Lipinski definition) is 7. The van der Waals surface area contributed by atoms with Gasteiger partial charge in [-0.25, -0.2) is 18.3 Å². The molecule has 0 saturated heterocycles. The number of aromatic amines is 2. The first kappa shape index (κ1) is 18.9. The third kappa shape index (κ3) is 4.43. The molecule has 1 aromatic carbocycles. The molecule has 0 spiro atoms. The van der Waals surface area contributed by atoms with E-state index in [0.717, 1.165) is 12.3 Å². The van der Waals surface area contributed by atoms with Gasteiger partial charge in [-0.2, -0.15) is 0 Å². The molecule has 11 heteroatoms. The van der Waals surface area contributed by atoms with Crippen LogP contribution in [0.4, 0.5) is 0 Å². The number of nitrogens with zero attached hydrogens (tertiary/aromatic N) is 2. The normalized spacial score (nSPS) is 10.8. The van der Waals surface area contributed by atoms with Gasteiger partial charge >= 0.3 is 5.97 Å². The molecular formula is C17H12N4O6S. The number of H-pyrrole nitrogens is 2. The summed E-state index contributed by atoms with van der Waals surface area (Å²) in [6.45, 7) is 0. The summed E-state index contributed by atoms with van der Waals surface area (Å²) in [6, 6.07) is 8.50. The molecule has 2 heterocycles. The monoisotopic (exact) mass is 400 g/mol. The van der Waals surface area contributed by atoms with Gasteiger partial charge in [-0.15, -0.1) is 0 Å². The molecule has 0 aliphatic rings. The Morgan fingerprint density at radius 3 is 2.71 bits per heavy atom. The Morgan fingerprint density at radius 2 is 2.00 bits per heavy atom. The number of nitrogens with one attached hydrogen (secondary N) is 2. The SMILES string of the molecule is CS(=O)(=O)c1cccc(C#Cc2cc(Oc3nn[nH]c3C(=O)O)cc(=O)[nH]2)c1. The molecule has 0 atom stereocenters. The van der Waals surface area contributed by atoms with Crippen LogP contribution in [-0.4, -0.2) is 46.1 Å².